The number of nitrogens with zero attached hydrogens (tertiary/aromatic N) is 3. The fraction of sp³-hybridized carbons (Fsp3) is 0.316. The van der Waals surface area contributed by atoms with Crippen LogP contribution in [0.4, 0.5) is 16.2 Å². The number of amides is 1. The van der Waals surface area contributed by atoms with Gasteiger partial charge in [-0.25, -0.2) is 14.8 Å². The van der Waals surface area contributed by atoms with Crippen LogP contribution in [0.5, 0.6) is 0 Å². The molecule has 0 saturated heterocycles. The molecule has 0 saturated carbocycles. The molecule has 26 heavy (non-hydrogen) atoms. The van der Waals surface area contributed by atoms with Gasteiger partial charge >= 0.3 is 6.09 Å². The second-order valence-corrected chi connectivity index (χ2v) is 6.63. The van der Waals surface area contributed by atoms with Gasteiger partial charge in [0, 0.05) is 29.7 Å². The second-order valence-electron chi connectivity index (χ2n) is 6.63. The maximum Gasteiger partial charge on any atom is 0.411 e. The van der Waals surface area contributed by atoms with Crippen LogP contribution in [0.25, 0.3) is 17.0 Å². The third kappa shape index (κ3) is 4.30. The molecule has 0 aliphatic heterocycles. The van der Waals surface area contributed by atoms with Crippen molar-refractivity contribution < 1.29 is 9.53 Å². The van der Waals surface area contributed by atoms with Gasteiger partial charge in [0.15, 0.2) is 0 Å². The molecular formula is C19H23N5O2. The Morgan fingerprint density at radius 3 is 2.69 bits per heavy atom. The van der Waals surface area contributed by atoms with Gasteiger partial charge in [-0.2, -0.15) is 0 Å². The molecule has 3 aromatic rings. The quantitative estimate of drug-likeness (QED) is 0.719. The summed E-state index contributed by atoms with van der Waals surface area (Å²) in [6.07, 6.45) is 4.52. The zero-order chi connectivity index (χ0) is 18.7. The second kappa shape index (κ2) is 7.43. The summed E-state index contributed by atoms with van der Waals surface area (Å²) in [6.45, 7) is 7.79. The van der Waals surface area contributed by atoms with Crippen molar-refractivity contribution >= 4 is 23.2 Å². The lowest BCUT2D eigenvalue weighted by molar-refractivity contribution is 0.130. The number of ether oxygens (including phenoxy) is 1. The van der Waals surface area contributed by atoms with E-state index in [0.29, 0.717) is 17.5 Å². The predicted octanol–water partition coefficient (Wildman–Crippen LogP) is 4.17. The van der Waals surface area contributed by atoms with Crippen LogP contribution >= 0.6 is 0 Å². The highest BCUT2D eigenvalue weighted by Gasteiger charge is 2.10. The van der Waals surface area contributed by atoms with Crippen LogP contribution < -0.4 is 10.6 Å². The number of carbonyl (C=O) groups excluding carboxylic acids is 1. The zero-order valence-corrected chi connectivity index (χ0v) is 15.4. The van der Waals surface area contributed by atoms with Crippen LogP contribution in [-0.4, -0.2) is 32.6 Å². The molecule has 0 unspecified atom stereocenters. The minimum absolute atomic E-state index is 0.182. The first-order valence-corrected chi connectivity index (χ1v) is 8.60. The summed E-state index contributed by atoms with van der Waals surface area (Å²) >= 11 is 0. The Balaban J connectivity index is 1.84. The standard InChI is InChI=1S/C19H23N5O2/c1-12(2)21-15-7-5-6-14(8-15)17-11-24-10-16(9-20-18(24)23-17)22-19(25)26-13(3)4/h5-13,21H,1-4H3,(H,22,25). The van der Waals surface area contributed by atoms with Crippen molar-refractivity contribution in [2.24, 2.45) is 0 Å². The van der Waals surface area contributed by atoms with Gasteiger partial charge in [0.1, 0.15) is 0 Å². The summed E-state index contributed by atoms with van der Waals surface area (Å²) in [5.74, 6) is 0.560. The number of benzene rings is 1. The number of rotatable bonds is 5. The van der Waals surface area contributed by atoms with E-state index in [9.17, 15) is 4.79 Å². The molecule has 0 aliphatic rings. The van der Waals surface area contributed by atoms with E-state index in [2.05, 4.69) is 40.5 Å². The highest BCUT2D eigenvalue weighted by atomic mass is 16.6. The van der Waals surface area contributed by atoms with Crippen LogP contribution in [0, 0.1) is 0 Å². The molecule has 0 spiro atoms. The molecule has 0 fully saturated rings. The maximum absolute atomic E-state index is 11.7. The molecule has 2 aromatic heterocycles. The highest BCUT2D eigenvalue weighted by molar-refractivity contribution is 5.84. The SMILES string of the molecule is CC(C)Nc1cccc(-c2cn3cc(NC(=O)OC(C)C)cnc3n2)c1. The normalized spacial score (nSPS) is 11.2. The Bertz CT molecular complexity index is 917. The third-order valence-corrected chi connectivity index (χ3v) is 3.51. The van der Waals surface area contributed by atoms with Gasteiger partial charge in [0.2, 0.25) is 5.78 Å². The minimum atomic E-state index is -0.506. The van der Waals surface area contributed by atoms with Crippen LogP contribution in [0.2, 0.25) is 0 Å². The van der Waals surface area contributed by atoms with Crippen LogP contribution in [0.1, 0.15) is 27.7 Å². The van der Waals surface area contributed by atoms with Gasteiger partial charge in [-0.15, -0.1) is 0 Å². The van der Waals surface area contributed by atoms with Gasteiger partial charge in [-0.05, 0) is 39.8 Å². The van der Waals surface area contributed by atoms with Gasteiger partial charge in [0.25, 0.3) is 0 Å². The van der Waals surface area contributed by atoms with E-state index in [1.54, 1.807) is 30.6 Å². The summed E-state index contributed by atoms with van der Waals surface area (Å²) in [5, 5.41) is 6.05. The lowest BCUT2D eigenvalue weighted by atomic mass is 10.1. The number of imidazole rings is 1. The van der Waals surface area contributed by atoms with Crippen LogP contribution in [0.3, 0.4) is 0 Å². The number of aromatic nitrogens is 3. The maximum atomic E-state index is 11.7. The molecule has 2 heterocycles. The van der Waals surface area contributed by atoms with Crippen molar-refractivity contribution in [1.29, 1.82) is 0 Å². The largest absolute Gasteiger partial charge is 0.447 e. The zero-order valence-electron chi connectivity index (χ0n) is 15.4. The Kier molecular flexibility index (Phi) is 5.06. The first-order chi connectivity index (χ1) is 12.4. The monoisotopic (exact) mass is 353 g/mol. The van der Waals surface area contributed by atoms with Crippen LogP contribution in [-0.2, 0) is 4.74 Å². The topological polar surface area (TPSA) is 80.5 Å². The number of nitrogens with one attached hydrogen (secondary N) is 2. The molecule has 3 rings (SSSR count). The molecule has 1 amide bonds. The molecule has 0 atom stereocenters. The molecule has 1 aromatic carbocycles. The van der Waals surface area contributed by atoms with E-state index < -0.39 is 6.09 Å². The number of hydrogen-bond acceptors (Lipinski definition) is 5. The van der Waals surface area contributed by atoms with Gasteiger partial charge in [-0.3, -0.25) is 9.72 Å². The molecule has 7 heteroatoms. The summed E-state index contributed by atoms with van der Waals surface area (Å²) in [7, 11) is 0. The molecule has 0 bridgehead atoms. The molecule has 0 radical (unpaired) electrons. The van der Waals surface area contributed by atoms with E-state index in [1.165, 1.54) is 0 Å². The van der Waals surface area contributed by atoms with Gasteiger partial charge in [0.05, 0.1) is 23.7 Å². The number of hydrogen-bond donors (Lipinski definition) is 2. The first kappa shape index (κ1) is 17.7. The average Bonchev–Trinajstić information content (AvgIpc) is 2.97. The molecule has 0 aliphatic carbocycles. The summed E-state index contributed by atoms with van der Waals surface area (Å²) in [5.41, 5.74) is 3.39. The Hall–Kier alpha value is -3.09. The number of fused-ring (bicyclic) bond motifs is 1. The Labute approximate surface area is 152 Å². The fourth-order valence-electron chi connectivity index (χ4n) is 2.55. The minimum Gasteiger partial charge on any atom is -0.447 e. The highest BCUT2D eigenvalue weighted by Crippen LogP contribution is 2.23. The molecular weight excluding hydrogens is 330 g/mol. The molecule has 2 N–H and O–H groups in total. The first-order valence-electron chi connectivity index (χ1n) is 8.60. The summed E-state index contributed by atoms with van der Waals surface area (Å²) in [4.78, 5) is 20.6. The smallest absolute Gasteiger partial charge is 0.411 e. The van der Waals surface area contributed by atoms with E-state index in [4.69, 9.17) is 4.74 Å². The predicted molar refractivity (Wildman–Crippen MR) is 102 cm³/mol. The van der Waals surface area contributed by atoms with E-state index in [1.807, 2.05) is 24.4 Å². The van der Waals surface area contributed by atoms with E-state index >= 15 is 0 Å². The van der Waals surface area contributed by atoms with Crippen molar-refractivity contribution in [3.63, 3.8) is 0 Å². The molecule has 136 valence electrons. The summed E-state index contributed by atoms with van der Waals surface area (Å²) < 4.78 is 6.86. The van der Waals surface area contributed by atoms with Gasteiger partial charge in [-0.1, -0.05) is 12.1 Å². The van der Waals surface area contributed by atoms with E-state index in [0.717, 1.165) is 16.9 Å². The van der Waals surface area contributed by atoms with Crippen molar-refractivity contribution in [1.82, 2.24) is 14.4 Å². The summed E-state index contributed by atoms with van der Waals surface area (Å²) in [6, 6.07) is 8.44. The van der Waals surface area contributed by atoms with Gasteiger partial charge < -0.3 is 10.1 Å². The van der Waals surface area contributed by atoms with E-state index in [-0.39, 0.29) is 6.10 Å². The van der Waals surface area contributed by atoms with Crippen molar-refractivity contribution in [3.8, 4) is 11.3 Å². The molecule has 7 nitrogen and oxygen atoms in total. The van der Waals surface area contributed by atoms with Crippen molar-refractivity contribution in [2.45, 2.75) is 39.8 Å². The Morgan fingerprint density at radius 2 is 1.96 bits per heavy atom. The van der Waals surface area contributed by atoms with Crippen molar-refractivity contribution in [3.05, 3.63) is 42.9 Å². The number of carbonyl (C=O) groups is 1. The third-order valence-electron chi connectivity index (χ3n) is 3.51. The number of anilines is 2. The van der Waals surface area contributed by atoms with Crippen molar-refractivity contribution in [2.75, 3.05) is 10.6 Å². The Morgan fingerprint density at radius 1 is 1.15 bits per heavy atom. The van der Waals surface area contributed by atoms with Crippen LogP contribution in [0.15, 0.2) is 42.9 Å². The lowest BCUT2D eigenvalue weighted by Crippen LogP contribution is -2.18. The fourth-order valence-corrected chi connectivity index (χ4v) is 2.55. The average molecular weight is 353 g/mol. The lowest BCUT2D eigenvalue weighted by Gasteiger charge is -2.10.